The molecule has 7 heteroatoms. The van der Waals surface area contributed by atoms with Crippen molar-refractivity contribution in [3.05, 3.63) is 35.6 Å². The van der Waals surface area contributed by atoms with Crippen LogP contribution >= 0.6 is 0 Å². The van der Waals surface area contributed by atoms with Gasteiger partial charge in [0.1, 0.15) is 24.4 Å². The molecule has 6 nitrogen and oxygen atoms in total. The topological polar surface area (TPSA) is 71.9 Å². The molecule has 2 rings (SSSR count). The zero-order valence-electron chi connectivity index (χ0n) is 14.2. The molecule has 1 fully saturated rings. The van der Waals surface area contributed by atoms with Gasteiger partial charge < -0.3 is 20.3 Å². The lowest BCUT2D eigenvalue weighted by Gasteiger charge is -2.37. The van der Waals surface area contributed by atoms with Crippen LogP contribution in [0.25, 0.3) is 0 Å². The molecule has 2 amide bonds. The molecule has 0 bridgehead atoms. The summed E-state index contributed by atoms with van der Waals surface area (Å²) in [4.78, 5) is 25.2. The van der Waals surface area contributed by atoms with E-state index in [1.54, 1.807) is 6.07 Å². The summed E-state index contributed by atoms with van der Waals surface area (Å²) in [5, 5.41) is 5.27. The molecule has 24 heavy (non-hydrogen) atoms. The van der Waals surface area contributed by atoms with Crippen molar-refractivity contribution in [2.75, 3.05) is 39.4 Å². The van der Waals surface area contributed by atoms with Crippen molar-refractivity contribution >= 4 is 11.8 Å². The number of rotatable bonds is 6. The Morgan fingerprint density at radius 1 is 1.21 bits per heavy atom. The van der Waals surface area contributed by atoms with Crippen molar-refractivity contribution in [1.82, 2.24) is 10.6 Å². The van der Waals surface area contributed by atoms with Crippen LogP contribution in [0.15, 0.2) is 24.3 Å². The number of quaternary nitrogens is 1. The van der Waals surface area contributed by atoms with Crippen LogP contribution in [0, 0.1) is 5.82 Å². The smallest absolute Gasteiger partial charge is 0.254 e. The van der Waals surface area contributed by atoms with Gasteiger partial charge in [-0.2, -0.15) is 0 Å². The number of amides is 2. The van der Waals surface area contributed by atoms with Crippen molar-refractivity contribution in [3.63, 3.8) is 0 Å². The molecule has 0 spiro atoms. The second kappa shape index (κ2) is 8.21. The van der Waals surface area contributed by atoms with Crippen molar-refractivity contribution in [2.45, 2.75) is 19.4 Å². The first-order valence-electron chi connectivity index (χ1n) is 8.12. The molecular weight excluding hydrogens is 313 g/mol. The van der Waals surface area contributed by atoms with E-state index < -0.39 is 11.7 Å². The quantitative estimate of drug-likeness (QED) is 0.646. The third kappa shape index (κ3) is 5.01. The Morgan fingerprint density at radius 3 is 2.54 bits per heavy atom. The third-order valence-electron chi connectivity index (χ3n) is 4.31. The summed E-state index contributed by atoms with van der Waals surface area (Å²) in [5.41, 5.74) is -0.182. The fraction of sp³-hybridized carbons (Fsp3) is 0.529. The summed E-state index contributed by atoms with van der Waals surface area (Å²) in [7, 11) is 0. The van der Waals surface area contributed by atoms with Gasteiger partial charge in [0.15, 0.2) is 0 Å². The van der Waals surface area contributed by atoms with Crippen LogP contribution in [0.1, 0.15) is 24.2 Å². The number of benzene rings is 1. The fourth-order valence-corrected chi connectivity index (χ4v) is 2.70. The van der Waals surface area contributed by atoms with Gasteiger partial charge in [-0.15, -0.1) is 0 Å². The maximum absolute atomic E-state index is 13.5. The SMILES string of the molecule is CC(C)(CNC(=O)CNC(=O)c1ccccc1F)[NH+]1CCOCC1. The van der Waals surface area contributed by atoms with E-state index in [0.29, 0.717) is 6.54 Å². The molecule has 1 aromatic rings. The van der Waals surface area contributed by atoms with Gasteiger partial charge >= 0.3 is 0 Å². The van der Waals surface area contributed by atoms with Crippen molar-refractivity contribution in [2.24, 2.45) is 0 Å². The van der Waals surface area contributed by atoms with E-state index in [1.807, 2.05) is 0 Å². The Hall–Kier alpha value is -1.99. The molecule has 1 aliphatic heterocycles. The third-order valence-corrected chi connectivity index (χ3v) is 4.31. The van der Waals surface area contributed by atoms with Gasteiger partial charge in [0.05, 0.1) is 31.9 Å². The Kier molecular flexibility index (Phi) is 6.28. The van der Waals surface area contributed by atoms with E-state index in [4.69, 9.17) is 4.74 Å². The van der Waals surface area contributed by atoms with Crippen LogP contribution in [0.5, 0.6) is 0 Å². The van der Waals surface area contributed by atoms with Crippen LogP contribution < -0.4 is 15.5 Å². The monoisotopic (exact) mass is 338 g/mol. The van der Waals surface area contributed by atoms with Gasteiger partial charge in [-0.3, -0.25) is 9.59 Å². The predicted octanol–water partition coefficient (Wildman–Crippen LogP) is -0.635. The second-order valence-electron chi connectivity index (χ2n) is 6.54. The highest BCUT2D eigenvalue weighted by Crippen LogP contribution is 2.05. The number of halogens is 1. The van der Waals surface area contributed by atoms with Gasteiger partial charge in [-0.25, -0.2) is 4.39 Å². The normalized spacial score (nSPS) is 15.8. The lowest BCUT2D eigenvalue weighted by molar-refractivity contribution is -0.954. The maximum atomic E-state index is 13.5. The molecule has 1 heterocycles. The number of nitrogens with one attached hydrogen (secondary N) is 3. The Morgan fingerprint density at radius 2 is 1.88 bits per heavy atom. The number of ether oxygens (including phenoxy) is 1. The molecule has 0 unspecified atom stereocenters. The Balaban J connectivity index is 1.77. The number of carbonyl (C=O) groups is 2. The zero-order valence-corrected chi connectivity index (χ0v) is 14.2. The molecule has 3 N–H and O–H groups in total. The Bertz CT molecular complexity index is 586. The summed E-state index contributed by atoms with van der Waals surface area (Å²) in [6.07, 6.45) is 0. The van der Waals surface area contributed by atoms with Crippen molar-refractivity contribution < 1.29 is 23.6 Å². The molecule has 1 aliphatic rings. The largest absolute Gasteiger partial charge is 0.370 e. The standard InChI is InChI=1S/C17H24FN3O3/c1-17(2,21-7-9-24-10-8-21)12-20-15(22)11-19-16(23)13-5-3-4-6-14(13)18/h3-6H,7-12H2,1-2H3,(H,19,23)(H,20,22)/p+1. The average Bonchev–Trinajstić information content (AvgIpc) is 2.59. The summed E-state index contributed by atoms with van der Waals surface area (Å²) in [5.74, 6) is -1.49. The van der Waals surface area contributed by atoms with Gasteiger partial charge in [0.2, 0.25) is 5.91 Å². The van der Waals surface area contributed by atoms with E-state index in [2.05, 4.69) is 24.5 Å². The minimum absolute atomic E-state index is 0.0663. The van der Waals surface area contributed by atoms with Crippen LogP contribution in [0.3, 0.4) is 0 Å². The Labute approximate surface area is 141 Å². The van der Waals surface area contributed by atoms with Gasteiger partial charge in [-0.05, 0) is 26.0 Å². The minimum Gasteiger partial charge on any atom is -0.370 e. The van der Waals surface area contributed by atoms with Gasteiger partial charge in [-0.1, -0.05) is 12.1 Å². The lowest BCUT2D eigenvalue weighted by Crippen LogP contribution is -3.22. The van der Waals surface area contributed by atoms with Crippen LogP contribution in [-0.2, 0) is 9.53 Å². The van der Waals surface area contributed by atoms with E-state index in [1.165, 1.54) is 23.1 Å². The number of hydrogen-bond acceptors (Lipinski definition) is 3. The van der Waals surface area contributed by atoms with Crippen LogP contribution in [0.2, 0.25) is 0 Å². The highest BCUT2D eigenvalue weighted by atomic mass is 19.1. The number of morpholine rings is 1. The average molecular weight is 338 g/mol. The minimum atomic E-state index is -0.604. The van der Waals surface area contributed by atoms with E-state index >= 15 is 0 Å². The first-order chi connectivity index (χ1) is 11.4. The molecule has 0 aromatic heterocycles. The lowest BCUT2D eigenvalue weighted by atomic mass is 10.0. The fourth-order valence-electron chi connectivity index (χ4n) is 2.70. The summed E-state index contributed by atoms with van der Waals surface area (Å²) in [6, 6.07) is 5.68. The summed E-state index contributed by atoms with van der Waals surface area (Å²) >= 11 is 0. The van der Waals surface area contributed by atoms with Crippen LogP contribution in [0.4, 0.5) is 4.39 Å². The molecule has 1 aromatic carbocycles. The van der Waals surface area contributed by atoms with E-state index in [9.17, 15) is 14.0 Å². The molecule has 0 aliphatic carbocycles. The van der Waals surface area contributed by atoms with Gasteiger partial charge in [0, 0.05) is 0 Å². The maximum Gasteiger partial charge on any atom is 0.254 e. The summed E-state index contributed by atoms with van der Waals surface area (Å²) < 4.78 is 18.9. The van der Waals surface area contributed by atoms with E-state index in [-0.39, 0.29) is 23.6 Å². The number of hydrogen-bond donors (Lipinski definition) is 3. The second-order valence-corrected chi connectivity index (χ2v) is 6.54. The molecule has 0 atom stereocenters. The predicted molar refractivity (Wildman–Crippen MR) is 87.3 cm³/mol. The molecule has 0 radical (unpaired) electrons. The van der Waals surface area contributed by atoms with E-state index in [0.717, 1.165) is 26.3 Å². The first-order valence-corrected chi connectivity index (χ1v) is 8.12. The molecule has 132 valence electrons. The highest BCUT2D eigenvalue weighted by Gasteiger charge is 2.32. The summed E-state index contributed by atoms with van der Waals surface area (Å²) in [6.45, 7) is 7.77. The highest BCUT2D eigenvalue weighted by molar-refractivity contribution is 5.96. The zero-order chi connectivity index (χ0) is 17.6. The first kappa shape index (κ1) is 18.4. The molecule has 1 saturated heterocycles. The number of carbonyl (C=O) groups excluding carboxylic acids is 2. The molecular formula is C17H25FN3O3+. The van der Waals surface area contributed by atoms with Crippen LogP contribution in [-0.4, -0.2) is 56.7 Å². The van der Waals surface area contributed by atoms with Gasteiger partial charge in [0.25, 0.3) is 5.91 Å². The molecule has 0 saturated carbocycles. The van der Waals surface area contributed by atoms with Crippen molar-refractivity contribution in [1.29, 1.82) is 0 Å². The van der Waals surface area contributed by atoms with Crippen molar-refractivity contribution in [3.8, 4) is 0 Å².